The topological polar surface area (TPSA) is 80.6 Å². The Morgan fingerprint density at radius 1 is 0.941 bits per heavy atom. The Kier molecular flexibility index (Phi) is 5.12. The second-order valence-corrected chi connectivity index (χ2v) is 10.4. The maximum absolute atomic E-state index is 13.7. The van der Waals surface area contributed by atoms with E-state index >= 15 is 0 Å². The first-order valence-electron chi connectivity index (χ1n) is 12.4. The minimum atomic E-state index is -0.388. The predicted octanol–water partition coefficient (Wildman–Crippen LogP) is 6.24. The number of rotatable bonds is 6. The van der Waals surface area contributed by atoms with Crippen molar-refractivity contribution in [1.82, 2.24) is 0 Å². The van der Waals surface area contributed by atoms with E-state index in [1.165, 1.54) is 19.3 Å². The SMILES string of the molecule is CCOc1ccc(NC(=O)c2oc3ccccc3c2NC(=O)C23CC4CC(CC(C4)C2)C3)cc1. The van der Waals surface area contributed by atoms with Gasteiger partial charge in [0.05, 0.1) is 12.0 Å². The molecule has 2 N–H and O–H groups in total. The Morgan fingerprint density at radius 3 is 2.24 bits per heavy atom. The van der Waals surface area contributed by atoms with Gasteiger partial charge in [-0.3, -0.25) is 9.59 Å². The van der Waals surface area contributed by atoms with Crippen LogP contribution in [0.5, 0.6) is 5.75 Å². The van der Waals surface area contributed by atoms with E-state index < -0.39 is 0 Å². The lowest BCUT2D eigenvalue weighted by molar-refractivity contribution is -0.140. The van der Waals surface area contributed by atoms with Crippen LogP contribution >= 0.6 is 0 Å². The van der Waals surface area contributed by atoms with Crippen LogP contribution in [0.15, 0.2) is 52.9 Å². The molecule has 0 aliphatic heterocycles. The van der Waals surface area contributed by atoms with E-state index in [1.807, 2.05) is 43.3 Å². The van der Waals surface area contributed by atoms with Crippen LogP contribution < -0.4 is 15.4 Å². The van der Waals surface area contributed by atoms with Gasteiger partial charge in [-0.15, -0.1) is 0 Å². The Labute approximate surface area is 199 Å². The lowest BCUT2D eigenvalue weighted by atomic mass is 9.49. The standard InChI is InChI=1S/C28H30N2O4/c1-2-33-21-9-7-20(8-10-21)29-26(31)25-24(22-5-3-4-6-23(22)34-25)30-27(32)28-14-17-11-18(15-28)13-19(12-17)16-28/h3-10,17-19H,2,11-16H2,1H3,(H,29,31)(H,30,32). The summed E-state index contributed by atoms with van der Waals surface area (Å²) in [7, 11) is 0. The lowest BCUT2D eigenvalue weighted by Crippen LogP contribution is -2.51. The normalized spacial score (nSPS) is 27.0. The van der Waals surface area contributed by atoms with Crippen LogP contribution in [0, 0.1) is 23.2 Å². The molecule has 1 aromatic heterocycles. The molecule has 0 atom stereocenters. The molecule has 6 nitrogen and oxygen atoms in total. The molecule has 4 saturated carbocycles. The number of nitrogens with one attached hydrogen (secondary N) is 2. The molecule has 0 unspecified atom stereocenters. The van der Waals surface area contributed by atoms with E-state index in [-0.39, 0.29) is 23.0 Å². The van der Waals surface area contributed by atoms with Crippen LogP contribution in [-0.2, 0) is 4.79 Å². The zero-order valence-electron chi connectivity index (χ0n) is 19.4. The molecule has 4 aliphatic carbocycles. The number of anilines is 2. The van der Waals surface area contributed by atoms with Crippen LogP contribution in [-0.4, -0.2) is 18.4 Å². The molecule has 4 aliphatic rings. The van der Waals surface area contributed by atoms with E-state index in [4.69, 9.17) is 9.15 Å². The molecule has 2 amide bonds. The maximum Gasteiger partial charge on any atom is 0.293 e. The first-order chi connectivity index (χ1) is 16.5. The van der Waals surface area contributed by atoms with E-state index in [2.05, 4.69) is 10.6 Å². The van der Waals surface area contributed by atoms with E-state index in [0.717, 1.165) is 30.4 Å². The second-order valence-electron chi connectivity index (χ2n) is 10.4. The van der Waals surface area contributed by atoms with E-state index in [9.17, 15) is 9.59 Å². The first kappa shape index (κ1) is 21.3. The highest BCUT2D eigenvalue weighted by Crippen LogP contribution is 2.60. The summed E-state index contributed by atoms with van der Waals surface area (Å²) in [6, 6.07) is 14.7. The monoisotopic (exact) mass is 458 g/mol. The van der Waals surface area contributed by atoms with Gasteiger partial charge in [0.15, 0.2) is 0 Å². The average Bonchev–Trinajstić information content (AvgIpc) is 3.18. The fourth-order valence-corrected chi connectivity index (χ4v) is 6.95. The Balaban J connectivity index is 1.28. The minimum Gasteiger partial charge on any atom is -0.494 e. The van der Waals surface area contributed by atoms with Gasteiger partial charge in [-0.1, -0.05) is 12.1 Å². The molecular formula is C28H30N2O4. The van der Waals surface area contributed by atoms with Crippen LogP contribution in [0.1, 0.15) is 56.0 Å². The van der Waals surface area contributed by atoms with Crippen molar-refractivity contribution < 1.29 is 18.7 Å². The fraction of sp³-hybridized carbons (Fsp3) is 0.429. The van der Waals surface area contributed by atoms with Crippen LogP contribution in [0.4, 0.5) is 11.4 Å². The molecule has 0 spiro atoms. The highest BCUT2D eigenvalue weighted by molar-refractivity contribution is 6.15. The van der Waals surface area contributed by atoms with Crippen molar-refractivity contribution >= 4 is 34.2 Å². The van der Waals surface area contributed by atoms with Crippen molar-refractivity contribution in [3.05, 3.63) is 54.3 Å². The molecule has 176 valence electrons. The molecule has 34 heavy (non-hydrogen) atoms. The number of ether oxygens (including phenoxy) is 1. The quantitative estimate of drug-likeness (QED) is 0.458. The zero-order chi connectivity index (χ0) is 23.3. The largest absolute Gasteiger partial charge is 0.494 e. The third-order valence-corrected chi connectivity index (χ3v) is 7.98. The smallest absolute Gasteiger partial charge is 0.293 e. The summed E-state index contributed by atoms with van der Waals surface area (Å²) in [6.45, 7) is 2.51. The summed E-state index contributed by atoms with van der Waals surface area (Å²) in [5.41, 5.74) is 1.38. The third-order valence-electron chi connectivity index (χ3n) is 7.98. The summed E-state index contributed by atoms with van der Waals surface area (Å²) in [5, 5.41) is 6.82. The number of fused-ring (bicyclic) bond motifs is 1. The van der Waals surface area contributed by atoms with Gasteiger partial charge in [-0.2, -0.15) is 0 Å². The van der Waals surface area contributed by atoms with Gasteiger partial charge in [0.1, 0.15) is 17.0 Å². The van der Waals surface area contributed by atoms with Gasteiger partial charge in [0, 0.05) is 11.1 Å². The van der Waals surface area contributed by atoms with E-state index in [1.54, 1.807) is 12.1 Å². The Bertz CT molecular complexity index is 1210. The second kappa shape index (κ2) is 8.19. The molecule has 3 aromatic rings. The van der Waals surface area contributed by atoms with Crippen LogP contribution in [0.2, 0.25) is 0 Å². The van der Waals surface area contributed by atoms with Crippen molar-refractivity contribution in [1.29, 1.82) is 0 Å². The molecule has 0 radical (unpaired) electrons. The zero-order valence-corrected chi connectivity index (χ0v) is 19.4. The number of hydrogen-bond acceptors (Lipinski definition) is 4. The predicted molar refractivity (Wildman–Crippen MR) is 131 cm³/mol. The molecular weight excluding hydrogens is 428 g/mol. The number of hydrogen-bond donors (Lipinski definition) is 2. The number of carbonyl (C=O) groups is 2. The number of carbonyl (C=O) groups excluding carboxylic acids is 2. The molecule has 6 heteroatoms. The van der Waals surface area contributed by atoms with Gasteiger partial charge in [0.25, 0.3) is 5.91 Å². The highest BCUT2D eigenvalue weighted by Gasteiger charge is 2.54. The van der Waals surface area contributed by atoms with Gasteiger partial charge in [-0.25, -0.2) is 0 Å². The van der Waals surface area contributed by atoms with Gasteiger partial charge in [0.2, 0.25) is 11.7 Å². The summed E-state index contributed by atoms with van der Waals surface area (Å²) >= 11 is 0. The number of benzene rings is 2. The average molecular weight is 459 g/mol. The molecule has 4 bridgehead atoms. The van der Waals surface area contributed by atoms with Crippen LogP contribution in [0.3, 0.4) is 0 Å². The van der Waals surface area contributed by atoms with Gasteiger partial charge < -0.3 is 19.8 Å². The number of para-hydroxylation sites is 1. The van der Waals surface area contributed by atoms with Crippen LogP contribution in [0.25, 0.3) is 11.0 Å². The van der Waals surface area contributed by atoms with Crippen molar-refractivity contribution in [3.8, 4) is 5.75 Å². The summed E-state index contributed by atoms with van der Waals surface area (Å²) < 4.78 is 11.4. The van der Waals surface area contributed by atoms with Crippen molar-refractivity contribution in [3.63, 3.8) is 0 Å². The highest BCUT2D eigenvalue weighted by atomic mass is 16.5. The maximum atomic E-state index is 13.7. The van der Waals surface area contributed by atoms with Crippen molar-refractivity contribution in [2.24, 2.45) is 23.2 Å². The van der Waals surface area contributed by atoms with E-state index in [0.29, 0.717) is 41.3 Å². The summed E-state index contributed by atoms with van der Waals surface area (Å²) in [6.07, 6.45) is 6.72. The first-order valence-corrected chi connectivity index (χ1v) is 12.4. The Hall–Kier alpha value is -3.28. The van der Waals surface area contributed by atoms with Crippen molar-refractivity contribution in [2.75, 3.05) is 17.2 Å². The molecule has 0 saturated heterocycles. The summed E-state index contributed by atoms with van der Waals surface area (Å²) in [5.74, 6) is 2.54. The van der Waals surface area contributed by atoms with Gasteiger partial charge >= 0.3 is 0 Å². The Morgan fingerprint density at radius 2 is 1.59 bits per heavy atom. The number of amides is 2. The molecule has 2 aromatic carbocycles. The lowest BCUT2D eigenvalue weighted by Gasteiger charge is -2.55. The van der Waals surface area contributed by atoms with Gasteiger partial charge in [-0.05, 0) is 99.6 Å². The minimum absolute atomic E-state index is 0.0493. The molecule has 4 fully saturated rings. The molecule has 7 rings (SSSR count). The third kappa shape index (κ3) is 3.65. The summed E-state index contributed by atoms with van der Waals surface area (Å²) in [4.78, 5) is 27.0. The number of furan rings is 1. The fourth-order valence-electron chi connectivity index (χ4n) is 6.95. The van der Waals surface area contributed by atoms with Crippen molar-refractivity contribution in [2.45, 2.75) is 45.4 Å². The molecule has 1 heterocycles.